The van der Waals surface area contributed by atoms with Gasteiger partial charge in [0.05, 0.1) is 46.2 Å². The van der Waals surface area contributed by atoms with Crippen LogP contribution in [0.4, 0.5) is 0 Å². The topological polar surface area (TPSA) is 54.0 Å². The van der Waals surface area contributed by atoms with Gasteiger partial charge in [-0.25, -0.2) is 0 Å². The van der Waals surface area contributed by atoms with E-state index in [4.69, 9.17) is 18.9 Å². The van der Waals surface area contributed by atoms with Gasteiger partial charge in [-0.3, -0.25) is 4.79 Å². The number of ketones is 1. The average molecular weight is 318 g/mol. The third-order valence-electron chi connectivity index (χ3n) is 3.09. The van der Waals surface area contributed by atoms with Gasteiger partial charge >= 0.3 is 0 Å². The molecular formula is C17H34O5. The lowest BCUT2D eigenvalue weighted by molar-refractivity contribution is -0.123. The van der Waals surface area contributed by atoms with Gasteiger partial charge in [-0.05, 0) is 12.3 Å². The van der Waals surface area contributed by atoms with Gasteiger partial charge in [0.15, 0.2) is 0 Å². The van der Waals surface area contributed by atoms with E-state index in [1.165, 1.54) is 0 Å². The largest absolute Gasteiger partial charge is 0.379 e. The van der Waals surface area contributed by atoms with Crippen molar-refractivity contribution in [3.05, 3.63) is 0 Å². The van der Waals surface area contributed by atoms with Crippen molar-refractivity contribution in [1.29, 1.82) is 0 Å². The third kappa shape index (κ3) is 15.9. The molecule has 132 valence electrons. The Kier molecular flexibility index (Phi) is 15.1. The van der Waals surface area contributed by atoms with Gasteiger partial charge in [-0.15, -0.1) is 0 Å². The van der Waals surface area contributed by atoms with Crippen LogP contribution >= 0.6 is 0 Å². The number of rotatable bonds is 16. The number of Topliss-reactive ketones (excluding diaryl/α,β-unsaturated/α-hetero) is 1. The Hall–Kier alpha value is -0.490. The fourth-order valence-electron chi connectivity index (χ4n) is 1.54. The van der Waals surface area contributed by atoms with Crippen LogP contribution in [0.2, 0.25) is 0 Å². The summed E-state index contributed by atoms with van der Waals surface area (Å²) < 4.78 is 21.5. The lowest BCUT2D eigenvalue weighted by atomic mass is 10.1. The molecule has 0 N–H and O–H groups in total. The zero-order chi connectivity index (χ0) is 16.6. The van der Waals surface area contributed by atoms with Gasteiger partial charge in [0, 0.05) is 18.9 Å². The summed E-state index contributed by atoms with van der Waals surface area (Å²) in [5.74, 6) is 1.01. The molecule has 0 aromatic rings. The Morgan fingerprint density at radius 3 is 1.50 bits per heavy atom. The molecular weight excluding hydrogens is 284 g/mol. The first-order chi connectivity index (χ1) is 10.5. The molecule has 0 saturated heterocycles. The molecule has 0 radical (unpaired) electrons. The van der Waals surface area contributed by atoms with Crippen molar-refractivity contribution < 1.29 is 23.7 Å². The predicted octanol–water partition coefficient (Wildman–Crippen LogP) is 2.71. The Morgan fingerprint density at radius 2 is 1.09 bits per heavy atom. The van der Waals surface area contributed by atoms with Crippen LogP contribution < -0.4 is 0 Å². The van der Waals surface area contributed by atoms with Crippen molar-refractivity contribution in [2.45, 2.75) is 40.5 Å². The molecule has 5 nitrogen and oxygen atoms in total. The normalized spacial score (nSPS) is 11.5. The molecule has 0 aliphatic heterocycles. The minimum atomic E-state index is 0.0892. The van der Waals surface area contributed by atoms with E-state index < -0.39 is 0 Å². The molecule has 22 heavy (non-hydrogen) atoms. The molecule has 0 atom stereocenters. The van der Waals surface area contributed by atoms with Gasteiger partial charge in [-0.1, -0.05) is 27.7 Å². The molecule has 0 rings (SSSR count). The first-order valence-electron chi connectivity index (χ1n) is 8.37. The van der Waals surface area contributed by atoms with E-state index in [-0.39, 0.29) is 11.7 Å². The summed E-state index contributed by atoms with van der Waals surface area (Å²) in [6, 6.07) is 0. The highest BCUT2D eigenvalue weighted by atomic mass is 16.6. The Labute approximate surface area is 135 Å². The Morgan fingerprint density at radius 1 is 0.682 bits per heavy atom. The Balaban J connectivity index is 3.07. The van der Waals surface area contributed by atoms with Crippen LogP contribution in [-0.2, 0) is 23.7 Å². The van der Waals surface area contributed by atoms with E-state index in [0.717, 1.165) is 13.0 Å². The van der Waals surface area contributed by atoms with Crippen LogP contribution in [0.5, 0.6) is 0 Å². The quantitative estimate of drug-likeness (QED) is 0.410. The van der Waals surface area contributed by atoms with Crippen LogP contribution in [0.25, 0.3) is 0 Å². The van der Waals surface area contributed by atoms with Crippen molar-refractivity contribution in [3.63, 3.8) is 0 Å². The third-order valence-corrected chi connectivity index (χ3v) is 3.09. The summed E-state index contributed by atoms with van der Waals surface area (Å²) in [6.45, 7) is 12.9. The lowest BCUT2D eigenvalue weighted by Crippen LogP contribution is -2.14. The Bertz CT molecular complexity index is 253. The van der Waals surface area contributed by atoms with Crippen molar-refractivity contribution in [1.82, 2.24) is 0 Å². The van der Waals surface area contributed by atoms with E-state index >= 15 is 0 Å². The lowest BCUT2D eigenvalue weighted by Gasteiger charge is -2.08. The highest BCUT2D eigenvalue weighted by Crippen LogP contribution is 1.99. The maximum absolute atomic E-state index is 11.3. The number of carbonyl (C=O) groups is 1. The van der Waals surface area contributed by atoms with Crippen LogP contribution in [0.1, 0.15) is 40.5 Å². The summed E-state index contributed by atoms with van der Waals surface area (Å²) in [7, 11) is 0. The fourth-order valence-corrected chi connectivity index (χ4v) is 1.54. The molecule has 0 amide bonds. The zero-order valence-electron chi connectivity index (χ0n) is 14.8. The first kappa shape index (κ1) is 21.5. The van der Waals surface area contributed by atoms with Crippen LogP contribution in [-0.4, -0.2) is 58.6 Å². The number of carbonyl (C=O) groups excluding carboxylic acids is 1. The van der Waals surface area contributed by atoms with Crippen molar-refractivity contribution in [3.8, 4) is 0 Å². The monoisotopic (exact) mass is 318 g/mol. The summed E-state index contributed by atoms with van der Waals surface area (Å²) >= 11 is 0. The van der Waals surface area contributed by atoms with E-state index in [2.05, 4.69) is 13.8 Å². The maximum atomic E-state index is 11.3. The second-order valence-corrected chi connectivity index (χ2v) is 6.00. The molecule has 0 aromatic heterocycles. The smallest absolute Gasteiger partial charge is 0.137 e. The molecule has 0 aromatic carbocycles. The summed E-state index contributed by atoms with van der Waals surface area (Å²) in [4.78, 5) is 11.3. The van der Waals surface area contributed by atoms with Gasteiger partial charge in [0.1, 0.15) is 5.78 Å². The standard InChI is InChI=1S/C17H34O5/c1-15(2)5-7-19-9-11-21-13-14-22-12-10-20-8-6-17(18)16(3)4/h15-16H,5-14H2,1-4H3. The van der Waals surface area contributed by atoms with Gasteiger partial charge in [0.2, 0.25) is 0 Å². The molecule has 0 fully saturated rings. The predicted molar refractivity (Wildman–Crippen MR) is 87.2 cm³/mol. The molecule has 0 aliphatic rings. The maximum Gasteiger partial charge on any atom is 0.137 e. The minimum absolute atomic E-state index is 0.0892. The van der Waals surface area contributed by atoms with Gasteiger partial charge in [-0.2, -0.15) is 0 Å². The number of hydrogen-bond acceptors (Lipinski definition) is 5. The second kappa shape index (κ2) is 15.4. The summed E-state index contributed by atoms with van der Waals surface area (Å²) in [5, 5.41) is 0. The van der Waals surface area contributed by atoms with Crippen molar-refractivity contribution in [2.75, 3.05) is 52.9 Å². The molecule has 0 unspecified atom stereocenters. The molecule has 0 aliphatic carbocycles. The summed E-state index contributed by atoms with van der Waals surface area (Å²) in [6.07, 6.45) is 1.57. The minimum Gasteiger partial charge on any atom is -0.379 e. The van der Waals surface area contributed by atoms with Crippen molar-refractivity contribution >= 4 is 5.78 Å². The number of ether oxygens (including phenoxy) is 4. The van der Waals surface area contributed by atoms with E-state index in [1.807, 2.05) is 13.8 Å². The van der Waals surface area contributed by atoms with Crippen LogP contribution in [0.15, 0.2) is 0 Å². The van der Waals surface area contributed by atoms with Gasteiger partial charge < -0.3 is 18.9 Å². The van der Waals surface area contributed by atoms with Crippen LogP contribution in [0.3, 0.4) is 0 Å². The SMILES string of the molecule is CC(C)CCOCCOCCOCCOCCC(=O)C(C)C. The highest BCUT2D eigenvalue weighted by Gasteiger charge is 2.05. The zero-order valence-corrected chi connectivity index (χ0v) is 14.8. The highest BCUT2D eigenvalue weighted by molar-refractivity contribution is 5.80. The first-order valence-corrected chi connectivity index (χ1v) is 8.37. The number of hydrogen-bond donors (Lipinski definition) is 0. The van der Waals surface area contributed by atoms with Crippen molar-refractivity contribution in [2.24, 2.45) is 11.8 Å². The van der Waals surface area contributed by atoms with E-state index in [0.29, 0.717) is 58.6 Å². The fraction of sp³-hybridized carbons (Fsp3) is 0.941. The molecule has 0 heterocycles. The molecule has 0 saturated carbocycles. The molecule has 5 heteroatoms. The van der Waals surface area contributed by atoms with Crippen LogP contribution in [0, 0.1) is 11.8 Å². The van der Waals surface area contributed by atoms with E-state index in [9.17, 15) is 4.79 Å². The molecule has 0 spiro atoms. The summed E-state index contributed by atoms with van der Waals surface area (Å²) in [5.41, 5.74) is 0. The second-order valence-electron chi connectivity index (χ2n) is 6.00. The van der Waals surface area contributed by atoms with Gasteiger partial charge in [0.25, 0.3) is 0 Å². The average Bonchev–Trinajstić information content (AvgIpc) is 2.46. The van der Waals surface area contributed by atoms with E-state index in [1.54, 1.807) is 0 Å². The molecule has 0 bridgehead atoms.